The molecule has 1 saturated carbocycles. The van der Waals surface area contributed by atoms with E-state index in [-0.39, 0.29) is 24.2 Å². The van der Waals surface area contributed by atoms with Crippen molar-refractivity contribution in [3.05, 3.63) is 21.3 Å². The lowest BCUT2D eigenvalue weighted by molar-refractivity contribution is -0.148. The molecule has 0 radical (unpaired) electrons. The van der Waals surface area contributed by atoms with Crippen LogP contribution in [0, 0.1) is 0 Å². The number of hydrogen-bond acceptors (Lipinski definition) is 3. The van der Waals surface area contributed by atoms with Crippen molar-refractivity contribution in [1.82, 2.24) is 5.32 Å². The predicted octanol–water partition coefficient (Wildman–Crippen LogP) is 2.69. The number of morpholine rings is 1. The van der Waals surface area contributed by atoms with Crippen molar-refractivity contribution in [1.29, 1.82) is 0 Å². The Kier molecular flexibility index (Phi) is 2.89. The van der Waals surface area contributed by atoms with Crippen molar-refractivity contribution in [2.24, 2.45) is 0 Å². The van der Waals surface area contributed by atoms with Gasteiger partial charge in [-0.15, -0.1) is 11.3 Å². The van der Waals surface area contributed by atoms with Gasteiger partial charge in [0.05, 0.1) is 16.0 Å². The van der Waals surface area contributed by atoms with Crippen LogP contribution in [0.15, 0.2) is 11.4 Å². The highest BCUT2D eigenvalue weighted by Crippen LogP contribution is 2.44. The molecule has 17 heavy (non-hydrogen) atoms. The summed E-state index contributed by atoms with van der Waals surface area (Å²) in [6.45, 7) is 0.175. The van der Waals surface area contributed by atoms with Crippen LogP contribution in [0.3, 0.4) is 0 Å². The molecule has 1 saturated heterocycles. The molecule has 1 N–H and O–H groups in total. The molecule has 2 fully saturated rings. The number of nitrogens with one attached hydrogen (secondary N) is 1. The van der Waals surface area contributed by atoms with Crippen molar-refractivity contribution >= 4 is 28.8 Å². The van der Waals surface area contributed by atoms with Gasteiger partial charge < -0.3 is 10.1 Å². The second-order valence-corrected chi connectivity index (χ2v) is 6.19. The molecule has 5 heteroatoms. The summed E-state index contributed by atoms with van der Waals surface area (Å²) in [6, 6.07) is 2.01. The van der Waals surface area contributed by atoms with Crippen molar-refractivity contribution in [2.75, 3.05) is 6.61 Å². The van der Waals surface area contributed by atoms with Gasteiger partial charge in [-0.3, -0.25) is 4.79 Å². The van der Waals surface area contributed by atoms with Crippen molar-refractivity contribution in [3.63, 3.8) is 0 Å². The molecule has 1 aliphatic carbocycles. The van der Waals surface area contributed by atoms with E-state index in [1.807, 2.05) is 11.4 Å². The van der Waals surface area contributed by atoms with E-state index >= 15 is 0 Å². The van der Waals surface area contributed by atoms with Gasteiger partial charge in [-0.1, -0.05) is 24.4 Å². The molecule has 1 aliphatic heterocycles. The van der Waals surface area contributed by atoms with Gasteiger partial charge in [0.2, 0.25) is 5.91 Å². The molecule has 2 atom stereocenters. The van der Waals surface area contributed by atoms with E-state index in [4.69, 9.17) is 16.3 Å². The summed E-state index contributed by atoms with van der Waals surface area (Å²) < 4.78 is 6.48. The van der Waals surface area contributed by atoms with Gasteiger partial charge in [0.1, 0.15) is 6.61 Å². The molecule has 1 aromatic rings. The zero-order valence-corrected chi connectivity index (χ0v) is 10.9. The Bertz CT molecular complexity index is 447. The van der Waals surface area contributed by atoms with Crippen LogP contribution in [0.2, 0.25) is 4.34 Å². The summed E-state index contributed by atoms with van der Waals surface area (Å²) in [5.74, 6) is -0.0367. The summed E-state index contributed by atoms with van der Waals surface area (Å²) in [4.78, 5) is 11.7. The first-order valence-electron chi connectivity index (χ1n) is 5.88. The lowest BCUT2D eigenvalue weighted by Gasteiger charge is -2.47. The Morgan fingerprint density at radius 2 is 2.41 bits per heavy atom. The van der Waals surface area contributed by atoms with Crippen LogP contribution >= 0.6 is 22.9 Å². The smallest absolute Gasteiger partial charge is 0.246 e. The molecule has 1 aromatic heterocycles. The molecule has 0 bridgehead atoms. The summed E-state index contributed by atoms with van der Waals surface area (Å²) in [5.41, 5.74) is 0.645. The van der Waals surface area contributed by atoms with Gasteiger partial charge in [-0.05, 0) is 24.3 Å². The third-order valence-electron chi connectivity index (χ3n) is 3.71. The molecule has 2 aliphatic rings. The maximum Gasteiger partial charge on any atom is 0.246 e. The Morgan fingerprint density at radius 3 is 3.18 bits per heavy atom. The van der Waals surface area contributed by atoms with Crippen molar-refractivity contribution in [3.8, 4) is 0 Å². The van der Waals surface area contributed by atoms with Gasteiger partial charge in [-0.25, -0.2) is 0 Å². The molecule has 3 rings (SSSR count). The first kappa shape index (κ1) is 11.5. The van der Waals surface area contributed by atoms with E-state index in [2.05, 4.69) is 5.32 Å². The first-order chi connectivity index (χ1) is 8.22. The summed E-state index contributed by atoms with van der Waals surface area (Å²) in [6.07, 6.45) is 4.24. The van der Waals surface area contributed by atoms with Crippen LogP contribution in [0.25, 0.3) is 0 Å². The van der Waals surface area contributed by atoms with Crippen LogP contribution in [-0.4, -0.2) is 18.6 Å². The molecule has 3 nitrogen and oxygen atoms in total. The molecule has 0 spiro atoms. The zero-order chi connectivity index (χ0) is 11.9. The SMILES string of the molecule is O=C1CO[C@@H]2CCCC[C@]2(c2ccsc2Cl)N1. The lowest BCUT2D eigenvalue weighted by Crippen LogP contribution is -2.61. The molecular formula is C12H14ClNO2S. The Labute approximate surface area is 109 Å². The van der Waals surface area contributed by atoms with Crippen LogP contribution < -0.4 is 5.32 Å². The maximum absolute atomic E-state index is 11.7. The minimum absolute atomic E-state index is 0.0367. The quantitative estimate of drug-likeness (QED) is 0.853. The van der Waals surface area contributed by atoms with Gasteiger partial charge >= 0.3 is 0 Å². The minimum atomic E-state index is -0.384. The van der Waals surface area contributed by atoms with Crippen LogP contribution in [0.1, 0.15) is 31.2 Å². The van der Waals surface area contributed by atoms with E-state index in [1.165, 1.54) is 11.3 Å². The molecule has 1 amide bonds. The molecule has 0 unspecified atom stereocenters. The van der Waals surface area contributed by atoms with Crippen LogP contribution in [0.5, 0.6) is 0 Å². The number of thiophene rings is 1. The molecular weight excluding hydrogens is 258 g/mol. The van der Waals surface area contributed by atoms with E-state index in [9.17, 15) is 4.79 Å². The number of hydrogen-bond donors (Lipinski definition) is 1. The monoisotopic (exact) mass is 271 g/mol. The minimum Gasteiger partial charge on any atom is -0.366 e. The highest BCUT2D eigenvalue weighted by atomic mass is 35.5. The highest BCUT2D eigenvalue weighted by molar-refractivity contribution is 7.14. The second-order valence-electron chi connectivity index (χ2n) is 4.67. The fourth-order valence-electron chi connectivity index (χ4n) is 2.96. The summed E-state index contributed by atoms with van der Waals surface area (Å²) >= 11 is 7.76. The Morgan fingerprint density at radius 1 is 1.53 bits per heavy atom. The standard InChI is InChI=1S/C12H14ClNO2S/c13-11-8(4-6-17-11)12-5-2-1-3-9(12)16-7-10(15)14-12/h4,6,9H,1-3,5,7H2,(H,14,15)/t9-,12-/m1/s1. The van der Waals surface area contributed by atoms with Gasteiger partial charge in [0, 0.05) is 5.56 Å². The van der Waals surface area contributed by atoms with E-state index < -0.39 is 0 Å². The fraction of sp³-hybridized carbons (Fsp3) is 0.583. The number of halogens is 1. The predicted molar refractivity (Wildman–Crippen MR) is 67.4 cm³/mol. The number of rotatable bonds is 1. The largest absolute Gasteiger partial charge is 0.366 e. The van der Waals surface area contributed by atoms with Gasteiger partial charge in [0.25, 0.3) is 0 Å². The second kappa shape index (κ2) is 4.26. The van der Waals surface area contributed by atoms with E-state index in [0.29, 0.717) is 0 Å². The Hall–Kier alpha value is -0.580. The van der Waals surface area contributed by atoms with Crippen molar-refractivity contribution in [2.45, 2.75) is 37.3 Å². The zero-order valence-electron chi connectivity index (χ0n) is 9.37. The number of carbonyl (C=O) groups is 1. The van der Waals surface area contributed by atoms with Gasteiger partial charge in [0.15, 0.2) is 0 Å². The summed E-state index contributed by atoms with van der Waals surface area (Å²) in [5, 5.41) is 5.10. The van der Waals surface area contributed by atoms with E-state index in [1.54, 1.807) is 0 Å². The number of fused-ring (bicyclic) bond motifs is 1. The average Bonchev–Trinajstić information content (AvgIpc) is 2.75. The fourth-order valence-corrected chi connectivity index (χ4v) is 4.05. The number of ether oxygens (including phenoxy) is 1. The van der Waals surface area contributed by atoms with Crippen molar-refractivity contribution < 1.29 is 9.53 Å². The number of carbonyl (C=O) groups excluding carboxylic acids is 1. The maximum atomic E-state index is 11.7. The average molecular weight is 272 g/mol. The lowest BCUT2D eigenvalue weighted by atomic mass is 9.74. The summed E-state index contributed by atoms with van der Waals surface area (Å²) in [7, 11) is 0. The molecule has 2 heterocycles. The first-order valence-corrected chi connectivity index (χ1v) is 7.14. The molecule has 0 aromatic carbocycles. The van der Waals surface area contributed by atoms with Crippen LogP contribution in [-0.2, 0) is 15.1 Å². The topological polar surface area (TPSA) is 38.3 Å². The highest BCUT2D eigenvalue weighted by Gasteiger charge is 2.48. The third-order valence-corrected chi connectivity index (χ3v) is 4.88. The Balaban J connectivity index is 2.05. The molecule has 92 valence electrons. The normalized spacial score (nSPS) is 33.0. The third kappa shape index (κ3) is 1.79. The van der Waals surface area contributed by atoms with Gasteiger partial charge in [-0.2, -0.15) is 0 Å². The van der Waals surface area contributed by atoms with E-state index in [0.717, 1.165) is 35.6 Å². The number of amides is 1. The van der Waals surface area contributed by atoms with Crippen LogP contribution in [0.4, 0.5) is 0 Å².